The number of carbonyl (C=O) groups excluding carboxylic acids is 1. The molecule has 0 unspecified atom stereocenters. The van der Waals surface area contributed by atoms with Crippen molar-refractivity contribution in [1.29, 1.82) is 5.26 Å². The number of hydrogen-bond donors (Lipinski definition) is 0. The third-order valence-corrected chi connectivity index (χ3v) is 5.77. The van der Waals surface area contributed by atoms with Gasteiger partial charge in [0.1, 0.15) is 11.3 Å². The smallest absolute Gasteiger partial charge is 0.343 e. The molecule has 2 aliphatic rings. The first-order valence-corrected chi connectivity index (χ1v) is 10.3. The van der Waals surface area contributed by atoms with Crippen molar-refractivity contribution in [3.8, 4) is 6.07 Å². The van der Waals surface area contributed by atoms with Gasteiger partial charge >= 0.3 is 5.97 Å². The van der Waals surface area contributed by atoms with Crippen molar-refractivity contribution in [3.63, 3.8) is 0 Å². The molecule has 0 radical (unpaired) electrons. The van der Waals surface area contributed by atoms with Crippen LogP contribution in [0.25, 0.3) is 10.9 Å². The number of piperazine rings is 1. The highest BCUT2D eigenvalue weighted by molar-refractivity contribution is 5.96. The Labute approximate surface area is 178 Å². The van der Waals surface area contributed by atoms with Gasteiger partial charge in [0.15, 0.2) is 0 Å². The maximum atomic E-state index is 13.0. The van der Waals surface area contributed by atoms with Crippen LogP contribution in [-0.4, -0.2) is 59.7 Å². The summed E-state index contributed by atoms with van der Waals surface area (Å²) in [6.45, 7) is 4.46. The Kier molecular flexibility index (Phi) is 5.61. The van der Waals surface area contributed by atoms with Crippen molar-refractivity contribution >= 4 is 28.2 Å². The van der Waals surface area contributed by atoms with Crippen LogP contribution in [0.15, 0.2) is 23.1 Å². The third kappa shape index (κ3) is 3.96. The topological polar surface area (TPSA) is 122 Å². The van der Waals surface area contributed by atoms with E-state index in [1.54, 1.807) is 13.0 Å². The number of nitro groups is 1. The minimum Gasteiger partial charge on any atom is -0.462 e. The molecule has 1 saturated heterocycles. The van der Waals surface area contributed by atoms with Crippen molar-refractivity contribution in [3.05, 3.63) is 44.2 Å². The number of ether oxygens (including phenoxy) is 1. The molecule has 0 N–H and O–H groups in total. The minimum absolute atomic E-state index is 0.103. The first-order valence-electron chi connectivity index (χ1n) is 10.3. The molecule has 0 atom stereocenters. The molecule has 1 aliphatic heterocycles. The zero-order valence-electron chi connectivity index (χ0n) is 17.2. The van der Waals surface area contributed by atoms with Crippen LogP contribution in [0.3, 0.4) is 0 Å². The van der Waals surface area contributed by atoms with Crippen molar-refractivity contribution < 1.29 is 14.5 Å². The van der Waals surface area contributed by atoms with E-state index in [1.807, 2.05) is 14.4 Å². The number of nitrogens with zero attached hydrogens (tertiary/aromatic N) is 5. The van der Waals surface area contributed by atoms with E-state index in [1.165, 1.54) is 12.3 Å². The number of esters is 1. The number of nitriles is 1. The summed E-state index contributed by atoms with van der Waals surface area (Å²) in [5, 5.41) is 20.9. The molecule has 2 heterocycles. The molecule has 1 aromatic heterocycles. The monoisotopic (exact) mass is 425 g/mol. The Balaban J connectivity index is 1.84. The molecule has 2 fully saturated rings. The molecule has 162 valence electrons. The number of aromatic nitrogens is 1. The normalized spacial score (nSPS) is 16.8. The number of rotatable bonds is 6. The lowest BCUT2D eigenvalue weighted by Gasteiger charge is -2.34. The molecule has 10 nitrogen and oxygen atoms in total. The van der Waals surface area contributed by atoms with Gasteiger partial charge in [0, 0.05) is 44.5 Å². The van der Waals surface area contributed by atoms with Crippen molar-refractivity contribution in [1.82, 2.24) is 9.47 Å². The molecule has 1 aromatic carbocycles. The number of pyridine rings is 1. The maximum Gasteiger partial charge on any atom is 0.343 e. The number of fused-ring (bicyclic) bond motifs is 1. The first-order chi connectivity index (χ1) is 14.9. The minimum atomic E-state index is -0.718. The Morgan fingerprint density at radius 3 is 2.58 bits per heavy atom. The second-order valence-electron chi connectivity index (χ2n) is 7.77. The highest BCUT2D eigenvalue weighted by Gasteiger charge is 2.30. The van der Waals surface area contributed by atoms with Gasteiger partial charge in [0.25, 0.3) is 5.69 Å². The number of nitro benzene ring substituents is 1. The molecule has 2 aromatic rings. The highest BCUT2D eigenvalue weighted by atomic mass is 16.6. The Morgan fingerprint density at radius 2 is 2.00 bits per heavy atom. The number of hydrogen-bond acceptors (Lipinski definition) is 8. The van der Waals surface area contributed by atoms with Gasteiger partial charge in [-0.25, -0.2) is 4.79 Å². The molecule has 0 amide bonds. The first kappa shape index (κ1) is 20.8. The second kappa shape index (κ2) is 8.35. The van der Waals surface area contributed by atoms with Crippen LogP contribution in [-0.2, 0) is 4.74 Å². The lowest BCUT2D eigenvalue weighted by atomic mass is 10.1. The van der Waals surface area contributed by atoms with Crippen molar-refractivity contribution in [2.75, 3.05) is 44.2 Å². The van der Waals surface area contributed by atoms with Crippen LogP contribution >= 0.6 is 0 Å². The van der Waals surface area contributed by atoms with Crippen molar-refractivity contribution in [2.24, 2.45) is 0 Å². The highest BCUT2D eigenvalue weighted by Crippen LogP contribution is 2.40. The van der Waals surface area contributed by atoms with Crippen LogP contribution in [0.2, 0.25) is 0 Å². The standard InChI is InChI=1S/C21H23N5O5/c1-2-31-21(28)16-13-25(14-3-4-14)17-12-18(19(26(29)30)11-15(17)20(16)27)24-9-7-23(6-5-22)8-10-24/h11-14H,2-4,6-10H2,1H3. The molecular weight excluding hydrogens is 402 g/mol. The van der Waals surface area contributed by atoms with E-state index in [2.05, 4.69) is 6.07 Å². The van der Waals surface area contributed by atoms with Gasteiger partial charge in [-0.3, -0.25) is 19.8 Å². The fourth-order valence-electron chi connectivity index (χ4n) is 4.03. The summed E-state index contributed by atoms with van der Waals surface area (Å²) in [6, 6.07) is 5.26. The summed E-state index contributed by atoms with van der Waals surface area (Å²) in [7, 11) is 0. The van der Waals surface area contributed by atoms with Gasteiger partial charge in [0.2, 0.25) is 5.43 Å². The average molecular weight is 425 g/mol. The lowest BCUT2D eigenvalue weighted by molar-refractivity contribution is -0.384. The summed E-state index contributed by atoms with van der Waals surface area (Å²) in [5.74, 6) is -0.718. The third-order valence-electron chi connectivity index (χ3n) is 5.77. The molecule has 0 bridgehead atoms. The fourth-order valence-corrected chi connectivity index (χ4v) is 4.03. The molecule has 4 rings (SSSR count). The number of benzene rings is 1. The summed E-state index contributed by atoms with van der Waals surface area (Å²) in [5.41, 5.74) is 0.210. The molecule has 1 saturated carbocycles. The molecule has 1 aliphatic carbocycles. The van der Waals surface area contributed by atoms with Crippen LogP contribution < -0.4 is 10.3 Å². The molecule has 10 heteroatoms. The number of carbonyl (C=O) groups is 1. The summed E-state index contributed by atoms with van der Waals surface area (Å²) >= 11 is 0. The van der Waals surface area contributed by atoms with Gasteiger partial charge < -0.3 is 14.2 Å². The van der Waals surface area contributed by atoms with E-state index in [0.717, 1.165) is 12.8 Å². The van der Waals surface area contributed by atoms with E-state index in [0.29, 0.717) is 43.9 Å². The van der Waals surface area contributed by atoms with Crippen molar-refractivity contribution in [2.45, 2.75) is 25.8 Å². The second-order valence-corrected chi connectivity index (χ2v) is 7.77. The molecule has 0 spiro atoms. The van der Waals surface area contributed by atoms with Gasteiger partial charge in [-0.05, 0) is 25.8 Å². The average Bonchev–Trinajstić information content (AvgIpc) is 3.59. The molecule has 31 heavy (non-hydrogen) atoms. The Bertz CT molecular complexity index is 1140. The van der Waals surface area contributed by atoms with E-state index in [9.17, 15) is 19.7 Å². The van der Waals surface area contributed by atoms with Gasteiger partial charge in [-0.1, -0.05) is 0 Å². The van der Waals surface area contributed by atoms with Crippen LogP contribution in [0, 0.1) is 21.4 Å². The Morgan fingerprint density at radius 1 is 1.29 bits per heavy atom. The van der Waals surface area contributed by atoms with Crippen LogP contribution in [0.4, 0.5) is 11.4 Å². The summed E-state index contributed by atoms with van der Waals surface area (Å²) in [6.07, 6.45) is 3.36. The zero-order chi connectivity index (χ0) is 22.1. The predicted molar refractivity (Wildman–Crippen MR) is 113 cm³/mol. The summed E-state index contributed by atoms with van der Waals surface area (Å²) in [4.78, 5) is 40.6. The predicted octanol–water partition coefficient (Wildman–Crippen LogP) is 2.07. The van der Waals surface area contributed by atoms with Gasteiger partial charge in [-0.15, -0.1) is 0 Å². The van der Waals surface area contributed by atoms with Gasteiger partial charge in [0.05, 0.1) is 35.0 Å². The van der Waals surface area contributed by atoms with Crippen LogP contribution in [0.5, 0.6) is 0 Å². The Hall–Kier alpha value is -3.45. The van der Waals surface area contributed by atoms with Crippen LogP contribution in [0.1, 0.15) is 36.2 Å². The SMILES string of the molecule is CCOC(=O)c1cn(C2CC2)c2cc(N3CCN(CC#N)CC3)c([N+](=O)[O-])cc2c1=O. The lowest BCUT2D eigenvalue weighted by Crippen LogP contribution is -2.46. The van der Waals surface area contributed by atoms with Gasteiger partial charge in [-0.2, -0.15) is 5.26 Å². The van der Waals surface area contributed by atoms with E-state index < -0.39 is 16.3 Å². The quantitative estimate of drug-likeness (QED) is 0.298. The fraction of sp³-hybridized carbons (Fsp3) is 0.476. The number of anilines is 1. The maximum absolute atomic E-state index is 13.0. The molecular formula is C21H23N5O5. The van der Waals surface area contributed by atoms with E-state index in [-0.39, 0.29) is 29.3 Å². The summed E-state index contributed by atoms with van der Waals surface area (Å²) < 4.78 is 6.89. The van der Waals surface area contributed by atoms with E-state index >= 15 is 0 Å². The largest absolute Gasteiger partial charge is 0.462 e. The van der Waals surface area contributed by atoms with E-state index in [4.69, 9.17) is 10.00 Å². The zero-order valence-corrected chi connectivity index (χ0v) is 17.2.